The van der Waals surface area contributed by atoms with Crippen LogP contribution in [0.5, 0.6) is 0 Å². The SMILES string of the molecule is CCCNc1nc(Cl)cc(N)[n+]1[O-]. The zero-order chi connectivity index (χ0) is 9.84. The van der Waals surface area contributed by atoms with E-state index in [1.807, 2.05) is 6.92 Å². The van der Waals surface area contributed by atoms with Crippen molar-refractivity contribution in [1.82, 2.24) is 4.98 Å². The van der Waals surface area contributed by atoms with Crippen LogP contribution >= 0.6 is 11.6 Å². The Morgan fingerprint density at radius 1 is 1.77 bits per heavy atom. The molecule has 1 heterocycles. The van der Waals surface area contributed by atoms with E-state index in [1.54, 1.807) is 0 Å². The Labute approximate surface area is 81.1 Å². The largest absolute Gasteiger partial charge is 0.754 e. The summed E-state index contributed by atoms with van der Waals surface area (Å²) in [5, 5.41) is 14.3. The number of aromatic nitrogens is 2. The van der Waals surface area contributed by atoms with E-state index in [0.29, 0.717) is 11.3 Å². The van der Waals surface area contributed by atoms with Crippen LogP contribution in [0, 0.1) is 5.21 Å². The van der Waals surface area contributed by atoms with Crippen molar-refractivity contribution in [3.63, 3.8) is 0 Å². The molecule has 0 fully saturated rings. The molecule has 0 amide bonds. The summed E-state index contributed by atoms with van der Waals surface area (Å²) in [4.78, 5) is 3.80. The van der Waals surface area contributed by atoms with E-state index < -0.39 is 0 Å². The molecule has 0 aliphatic rings. The predicted octanol–water partition coefficient (Wildman–Crippen LogP) is 0.772. The third kappa shape index (κ3) is 2.35. The number of nitrogens with two attached hydrogens (primary N) is 1. The van der Waals surface area contributed by atoms with Gasteiger partial charge in [0.05, 0.1) is 12.6 Å². The predicted molar refractivity (Wildman–Crippen MR) is 51.4 cm³/mol. The van der Waals surface area contributed by atoms with Crippen LogP contribution in [-0.4, -0.2) is 11.5 Å². The summed E-state index contributed by atoms with van der Waals surface area (Å²) >= 11 is 5.62. The number of hydrogen-bond acceptors (Lipinski definition) is 4. The first-order valence-electron chi connectivity index (χ1n) is 3.94. The Kier molecular flexibility index (Phi) is 3.13. The molecule has 0 saturated heterocycles. The topological polar surface area (TPSA) is 77.9 Å². The maximum absolute atomic E-state index is 11.2. The van der Waals surface area contributed by atoms with E-state index in [1.165, 1.54) is 6.07 Å². The summed E-state index contributed by atoms with van der Waals surface area (Å²) in [5.41, 5.74) is 5.38. The van der Waals surface area contributed by atoms with Gasteiger partial charge in [0.2, 0.25) is 0 Å². The molecule has 0 saturated carbocycles. The molecular weight excluding hydrogens is 192 g/mol. The summed E-state index contributed by atoms with van der Waals surface area (Å²) in [5.74, 6) is 0.186. The van der Waals surface area contributed by atoms with E-state index in [9.17, 15) is 5.21 Å². The van der Waals surface area contributed by atoms with Crippen molar-refractivity contribution >= 4 is 23.4 Å². The van der Waals surface area contributed by atoms with E-state index in [0.717, 1.165) is 6.42 Å². The molecule has 0 radical (unpaired) electrons. The monoisotopic (exact) mass is 202 g/mol. The first kappa shape index (κ1) is 9.85. The fraction of sp³-hybridized carbons (Fsp3) is 0.429. The van der Waals surface area contributed by atoms with Gasteiger partial charge in [0, 0.05) is 0 Å². The van der Waals surface area contributed by atoms with Gasteiger partial charge >= 0.3 is 5.95 Å². The molecule has 0 atom stereocenters. The van der Waals surface area contributed by atoms with Crippen molar-refractivity contribution < 1.29 is 4.73 Å². The van der Waals surface area contributed by atoms with Crippen molar-refractivity contribution in [1.29, 1.82) is 0 Å². The van der Waals surface area contributed by atoms with Gasteiger partial charge in [0.1, 0.15) is 0 Å². The number of nitrogens with one attached hydrogen (secondary N) is 1. The average Bonchev–Trinajstić information content (AvgIpc) is 2.09. The zero-order valence-corrected chi connectivity index (χ0v) is 8.01. The van der Waals surface area contributed by atoms with Crippen molar-refractivity contribution in [2.24, 2.45) is 0 Å². The van der Waals surface area contributed by atoms with Gasteiger partial charge in [0.15, 0.2) is 11.0 Å². The number of nitrogen functional groups attached to an aromatic ring is 1. The lowest BCUT2D eigenvalue weighted by Crippen LogP contribution is -2.35. The Balaban J connectivity index is 2.92. The Hall–Kier alpha value is -1.23. The normalized spacial score (nSPS) is 10.0. The molecule has 5 nitrogen and oxygen atoms in total. The first-order chi connectivity index (χ1) is 6.15. The van der Waals surface area contributed by atoms with Gasteiger partial charge in [-0.15, -0.1) is 0 Å². The fourth-order valence-electron chi connectivity index (χ4n) is 0.830. The van der Waals surface area contributed by atoms with Gasteiger partial charge in [-0.2, -0.15) is 0 Å². The van der Waals surface area contributed by atoms with Crippen molar-refractivity contribution in [2.75, 3.05) is 17.6 Å². The van der Waals surface area contributed by atoms with Crippen molar-refractivity contribution in [2.45, 2.75) is 13.3 Å². The van der Waals surface area contributed by atoms with E-state index in [-0.39, 0.29) is 16.9 Å². The van der Waals surface area contributed by atoms with E-state index in [4.69, 9.17) is 17.3 Å². The number of rotatable bonds is 3. The molecule has 0 unspecified atom stereocenters. The summed E-state index contributed by atoms with van der Waals surface area (Å²) in [6.07, 6.45) is 0.897. The van der Waals surface area contributed by atoms with Crippen LogP contribution in [-0.2, 0) is 0 Å². The Morgan fingerprint density at radius 2 is 2.46 bits per heavy atom. The maximum Gasteiger partial charge on any atom is 0.347 e. The Morgan fingerprint density at radius 3 is 3.08 bits per heavy atom. The first-order valence-corrected chi connectivity index (χ1v) is 4.32. The Bertz CT molecular complexity index is 305. The number of anilines is 2. The average molecular weight is 203 g/mol. The standard InChI is InChI=1S/C7H11ClN4O/c1-2-3-10-7-11-5(8)4-6(9)12(7)13/h4H,2-3,9H2,1H3,(H,10,11). The molecule has 1 aromatic heterocycles. The minimum absolute atomic E-state index is 0.0404. The smallest absolute Gasteiger partial charge is 0.347 e. The molecular formula is C7H11ClN4O. The zero-order valence-electron chi connectivity index (χ0n) is 7.25. The minimum Gasteiger partial charge on any atom is -0.754 e. The molecule has 1 rings (SSSR count). The summed E-state index contributed by atoms with van der Waals surface area (Å²) in [6, 6.07) is 1.31. The maximum atomic E-state index is 11.2. The van der Waals surface area contributed by atoms with Crippen LogP contribution in [0.25, 0.3) is 0 Å². The molecule has 13 heavy (non-hydrogen) atoms. The van der Waals surface area contributed by atoms with Crippen LogP contribution in [0.3, 0.4) is 0 Å². The molecule has 72 valence electrons. The van der Waals surface area contributed by atoms with E-state index in [2.05, 4.69) is 10.3 Å². The molecule has 0 spiro atoms. The fourth-order valence-corrected chi connectivity index (χ4v) is 1.02. The quantitative estimate of drug-likeness (QED) is 0.431. The molecule has 6 heteroatoms. The second-order valence-electron chi connectivity index (χ2n) is 2.55. The minimum atomic E-state index is 0.0404. The molecule has 0 aliphatic carbocycles. The van der Waals surface area contributed by atoms with Gasteiger partial charge in [-0.1, -0.05) is 11.9 Å². The van der Waals surface area contributed by atoms with Crippen molar-refractivity contribution in [3.05, 3.63) is 16.4 Å². The lowest BCUT2D eigenvalue weighted by atomic mass is 10.5. The second-order valence-corrected chi connectivity index (χ2v) is 2.94. The third-order valence-electron chi connectivity index (χ3n) is 1.44. The molecule has 0 aromatic carbocycles. The van der Waals surface area contributed by atoms with Gasteiger partial charge in [0.25, 0.3) is 0 Å². The van der Waals surface area contributed by atoms with Gasteiger partial charge in [-0.3, -0.25) is 5.32 Å². The van der Waals surface area contributed by atoms with Crippen LogP contribution in [0.1, 0.15) is 13.3 Å². The molecule has 3 N–H and O–H groups in total. The van der Waals surface area contributed by atoms with Crippen LogP contribution < -0.4 is 15.8 Å². The van der Waals surface area contributed by atoms with Crippen molar-refractivity contribution in [3.8, 4) is 0 Å². The number of nitrogens with zero attached hydrogens (tertiary/aromatic N) is 2. The third-order valence-corrected chi connectivity index (χ3v) is 1.63. The second kappa shape index (κ2) is 4.13. The number of halogens is 1. The van der Waals surface area contributed by atoms with Gasteiger partial charge < -0.3 is 10.9 Å². The summed E-state index contributed by atoms with van der Waals surface area (Å²) < 4.78 is 0.515. The van der Waals surface area contributed by atoms with Crippen LogP contribution in [0.4, 0.5) is 11.8 Å². The highest BCUT2D eigenvalue weighted by atomic mass is 35.5. The highest BCUT2D eigenvalue weighted by molar-refractivity contribution is 6.29. The molecule has 0 bridgehead atoms. The number of hydrogen-bond donors (Lipinski definition) is 2. The highest BCUT2D eigenvalue weighted by Crippen LogP contribution is 2.09. The molecule has 0 aliphatic heterocycles. The van der Waals surface area contributed by atoms with Crippen LogP contribution in [0.2, 0.25) is 5.15 Å². The van der Waals surface area contributed by atoms with E-state index >= 15 is 0 Å². The van der Waals surface area contributed by atoms with Gasteiger partial charge in [-0.25, -0.2) is 4.73 Å². The summed E-state index contributed by atoms with van der Waals surface area (Å²) in [7, 11) is 0. The van der Waals surface area contributed by atoms with Crippen LogP contribution in [0.15, 0.2) is 6.07 Å². The molecule has 1 aromatic rings. The lowest BCUT2D eigenvalue weighted by molar-refractivity contribution is -0.577. The van der Waals surface area contributed by atoms with Gasteiger partial charge in [-0.05, 0) is 18.0 Å². The highest BCUT2D eigenvalue weighted by Gasteiger charge is 2.08. The lowest BCUT2D eigenvalue weighted by Gasteiger charge is -2.11. The summed E-state index contributed by atoms with van der Waals surface area (Å²) in [6.45, 7) is 2.64.